The normalized spacial score (nSPS) is 11.9. The Balaban J connectivity index is 2.24. The van der Waals surface area contributed by atoms with Crippen LogP contribution in [-0.4, -0.2) is 49.2 Å². The molecular formula is C15H18N4O3. The molecule has 1 heterocycles. The minimum atomic E-state index is -1.06. The van der Waals surface area contributed by atoms with Gasteiger partial charge in [-0.05, 0) is 25.5 Å². The molecule has 1 aromatic heterocycles. The van der Waals surface area contributed by atoms with Crippen LogP contribution in [0.1, 0.15) is 30.9 Å². The van der Waals surface area contributed by atoms with Gasteiger partial charge in [-0.2, -0.15) is 0 Å². The molecule has 0 aliphatic heterocycles. The lowest BCUT2D eigenvalue weighted by atomic mass is 10.2. The van der Waals surface area contributed by atoms with Crippen LogP contribution in [0.25, 0.3) is 5.69 Å². The fourth-order valence-corrected chi connectivity index (χ4v) is 1.99. The summed E-state index contributed by atoms with van der Waals surface area (Å²) < 4.78 is 1.49. The number of rotatable bonds is 6. The Morgan fingerprint density at radius 3 is 2.59 bits per heavy atom. The predicted octanol–water partition coefficient (Wildman–Crippen LogP) is 1.59. The van der Waals surface area contributed by atoms with Crippen molar-refractivity contribution in [2.24, 2.45) is 0 Å². The smallest absolute Gasteiger partial charge is 0.323 e. The number of aliphatic carboxylic acids is 1. The number of benzene rings is 1. The SMILES string of the molecule is CCC(C)N(CC(=O)O)C(=O)c1ncn(-c2ccccc2)n1. The van der Waals surface area contributed by atoms with Crippen LogP contribution >= 0.6 is 0 Å². The summed E-state index contributed by atoms with van der Waals surface area (Å²) in [6.45, 7) is 3.32. The van der Waals surface area contributed by atoms with E-state index in [2.05, 4.69) is 10.1 Å². The molecule has 0 saturated heterocycles. The number of carbonyl (C=O) groups is 2. The molecule has 116 valence electrons. The van der Waals surface area contributed by atoms with Crippen LogP contribution in [0.5, 0.6) is 0 Å². The topological polar surface area (TPSA) is 88.3 Å². The van der Waals surface area contributed by atoms with Crippen molar-refractivity contribution in [2.45, 2.75) is 26.3 Å². The fourth-order valence-electron chi connectivity index (χ4n) is 1.99. The van der Waals surface area contributed by atoms with Gasteiger partial charge in [0.1, 0.15) is 12.9 Å². The summed E-state index contributed by atoms with van der Waals surface area (Å²) in [5.74, 6) is -1.55. The highest BCUT2D eigenvalue weighted by Gasteiger charge is 2.25. The highest BCUT2D eigenvalue weighted by atomic mass is 16.4. The molecule has 7 heteroatoms. The minimum absolute atomic E-state index is 0.00889. The molecule has 1 aromatic carbocycles. The molecule has 1 unspecified atom stereocenters. The number of aromatic nitrogens is 3. The van der Waals surface area contributed by atoms with E-state index in [0.717, 1.165) is 5.69 Å². The Bertz CT molecular complexity index is 654. The molecular weight excluding hydrogens is 284 g/mol. The zero-order valence-electron chi connectivity index (χ0n) is 12.5. The summed E-state index contributed by atoms with van der Waals surface area (Å²) in [5.41, 5.74) is 0.780. The molecule has 0 radical (unpaired) electrons. The standard InChI is InChI=1S/C15H18N4O3/c1-3-11(2)18(9-13(20)21)15(22)14-16-10-19(17-14)12-7-5-4-6-8-12/h4-8,10-11H,3,9H2,1-2H3,(H,20,21). The number of hydrogen-bond acceptors (Lipinski definition) is 4. The molecule has 0 fully saturated rings. The molecule has 1 atom stereocenters. The fraction of sp³-hybridized carbons (Fsp3) is 0.333. The van der Waals surface area contributed by atoms with Gasteiger partial charge >= 0.3 is 5.97 Å². The number of carboxylic acid groups (broad SMARTS) is 1. The molecule has 0 spiro atoms. The molecule has 1 amide bonds. The van der Waals surface area contributed by atoms with Crippen LogP contribution in [0, 0.1) is 0 Å². The molecule has 2 rings (SSSR count). The van der Waals surface area contributed by atoms with Gasteiger partial charge < -0.3 is 10.0 Å². The van der Waals surface area contributed by atoms with Crippen molar-refractivity contribution < 1.29 is 14.7 Å². The van der Waals surface area contributed by atoms with Crippen LogP contribution in [0.4, 0.5) is 0 Å². The summed E-state index contributed by atoms with van der Waals surface area (Å²) in [7, 11) is 0. The molecule has 0 aliphatic rings. The largest absolute Gasteiger partial charge is 0.480 e. The van der Waals surface area contributed by atoms with Crippen molar-refractivity contribution in [2.75, 3.05) is 6.54 Å². The van der Waals surface area contributed by atoms with Gasteiger partial charge in [0.25, 0.3) is 5.91 Å². The van der Waals surface area contributed by atoms with Gasteiger partial charge in [-0.15, -0.1) is 5.10 Å². The van der Waals surface area contributed by atoms with Crippen molar-refractivity contribution in [3.63, 3.8) is 0 Å². The Morgan fingerprint density at radius 1 is 1.32 bits per heavy atom. The van der Waals surface area contributed by atoms with Crippen LogP contribution in [0.15, 0.2) is 36.7 Å². The first kappa shape index (κ1) is 15.7. The van der Waals surface area contributed by atoms with E-state index in [4.69, 9.17) is 5.11 Å². The molecule has 7 nitrogen and oxygen atoms in total. The van der Waals surface area contributed by atoms with E-state index in [0.29, 0.717) is 6.42 Å². The first-order valence-corrected chi connectivity index (χ1v) is 7.02. The zero-order chi connectivity index (χ0) is 16.1. The Kier molecular flexibility index (Phi) is 4.88. The Hall–Kier alpha value is -2.70. The van der Waals surface area contributed by atoms with Crippen molar-refractivity contribution >= 4 is 11.9 Å². The van der Waals surface area contributed by atoms with Gasteiger partial charge in [-0.3, -0.25) is 9.59 Å². The summed E-state index contributed by atoms with van der Waals surface area (Å²) >= 11 is 0. The molecule has 22 heavy (non-hydrogen) atoms. The van der Waals surface area contributed by atoms with Crippen molar-refractivity contribution in [3.8, 4) is 5.69 Å². The molecule has 2 aromatic rings. The van der Waals surface area contributed by atoms with Crippen molar-refractivity contribution in [1.29, 1.82) is 0 Å². The molecule has 1 N–H and O–H groups in total. The molecule has 0 bridgehead atoms. The lowest BCUT2D eigenvalue weighted by molar-refractivity contribution is -0.138. The lowest BCUT2D eigenvalue weighted by Gasteiger charge is -2.25. The number of carbonyl (C=O) groups excluding carboxylic acids is 1. The van der Waals surface area contributed by atoms with Gasteiger partial charge in [-0.1, -0.05) is 25.1 Å². The highest BCUT2D eigenvalue weighted by molar-refractivity contribution is 5.92. The molecule has 0 saturated carbocycles. The van der Waals surface area contributed by atoms with Crippen molar-refractivity contribution in [1.82, 2.24) is 19.7 Å². The van der Waals surface area contributed by atoms with E-state index in [1.54, 1.807) is 6.92 Å². The summed E-state index contributed by atoms with van der Waals surface area (Å²) in [6, 6.07) is 9.07. The number of carboxylic acids is 1. The highest BCUT2D eigenvalue weighted by Crippen LogP contribution is 2.10. The minimum Gasteiger partial charge on any atom is -0.480 e. The quantitative estimate of drug-likeness (QED) is 0.875. The van der Waals surface area contributed by atoms with E-state index < -0.39 is 11.9 Å². The van der Waals surface area contributed by atoms with Crippen LogP contribution in [0.3, 0.4) is 0 Å². The summed E-state index contributed by atoms with van der Waals surface area (Å²) in [6.07, 6.45) is 2.09. The first-order valence-electron chi connectivity index (χ1n) is 7.02. The Labute approximate surface area is 128 Å². The average molecular weight is 302 g/mol. The van der Waals surface area contributed by atoms with E-state index in [9.17, 15) is 9.59 Å². The third-order valence-corrected chi connectivity index (χ3v) is 3.39. The summed E-state index contributed by atoms with van der Waals surface area (Å²) in [4.78, 5) is 28.7. The van der Waals surface area contributed by atoms with Crippen LogP contribution < -0.4 is 0 Å². The van der Waals surface area contributed by atoms with Gasteiger partial charge in [0.05, 0.1) is 5.69 Å². The van der Waals surface area contributed by atoms with E-state index in [-0.39, 0.29) is 18.4 Å². The van der Waals surface area contributed by atoms with E-state index >= 15 is 0 Å². The second kappa shape index (κ2) is 6.84. The number of para-hydroxylation sites is 1. The first-order chi connectivity index (χ1) is 10.5. The number of nitrogens with zero attached hydrogens (tertiary/aromatic N) is 4. The zero-order valence-corrected chi connectivity index (χ0v) is 12.5. The number of amides is 1. The Morgan fingerprint density at radius 2 is 2.00 bits per heavy atom. The maximum atomic E-state index is 12.4. The van der Waals surface area contributed by atoms with Gasteiger partial charge in [0, 0.05) is 6.04 Å². The lowest BCUT2D eigenvalue weighted by Crippen LogP contribution is -2.42. The van der Waals surface area contributed by atoms with Crippen LogP contribution in [-0.2, 0) is 4.79 Å². The van der Waals surface area contributed by atoms with Gasteiger partial charge in [0.15, 0.2) is 0 Å². The van der Waals surface area contributed by atoms with Crippen molar-refractivity contribution in [3.05, 3.63) is 42.5 Å². The van der Waals surface area contributed by atoms with Gasteiger partial charge in [-0.25, -0.2) is 9.67 Å². The second-order valence-corrected chi connectivity index (χ2v) is 4.93. The molecule has 0 aliphatic carbocycles. The monoisotopic (exact) mass is 302 g/mol. The number of hydrogen-bond donors (Lipinski definition) is 1. The maximum absolute atomic E-state index is 12.4. The third-order valence-electron chi connectivity index (χ3n) is 3.39. The predicted molar refractivity (Wildman–Crippen MR) is 79.8 cm³/mol. The summed E-state index contributed by atoms with van der Waals surface area (Å²) in [5, 5.41) is 13.1. The third kappa shape index (κ3) is 3.49. The van der Waals surface area contributed by atoms with Crippen LogP contribution in [0.2, 0.25) is 0 Å². The average Bonchev–Trinajstić information content (AvgIpc) is 3.02. The second-order valence-electron chi connectivity index (χ2n) is 4.93. The van der Waals surface area contributed by atoms with Gasteiger partial charge in [0.2, 0.25) is 5.82 Å². The maximum Gasteiger partial charge on any atom is 0.323 e. The van der Waals surface area contributed by atoms with E-state index in [1.807, 2.05) is 37.3 Å². The van der Waals surface area contributed by atoms with E-state index in [1.165, 1.54) is 15.9 Å².